The van der Waals surface area contributed by atoms with Crippen molar-refractivity contribution in [1.82, 2.24) is 9.80 Å². The van der Waals surface area contributed by atoms with E-state index in [1.165, 1.54) is 5.56 Å². The van der Waals surface area contributed by atoms with Crippen LogP contribution < -0.4 is 0 Å². The molecule has 0 unspecified atom stereocenters. The second kappa shape index (κ2) is 6.23. The minimum Gasteiger partial charge on any atom is -0.389 e. The molecule has 106 valence electrons. The Labute approximate surface area is 120 Å². The van der Waals surface area contributed by atoms with E-state index >= 15 is 0 Å². The summed E-state index contributed by atoms with van der Waals surface area (Å²) in [6.45, 7) is 9.46. The smallest absolute Gasteiger partial charge is 0.0718 e. The van der Waals surface area contributed by atoms with Crippen LogP contribution in [-0.4, -0.2) is 53.2 Å². The number of aliphatic hydroxyl groups is 1. The molecule has 1 aromatic carbocycles. The summed E-state index contributed by atoms with van der Waals surface area (Å²) < 4.78 is 0. The molecule has 0 saturated carbocycles. The van der Waals surface area contributed by atoms with Crippen LogP contribution in [0.4, 0.5) is 0 Å². The van der Waals surface area contributed by atoms with E-state index in [9.17, 15) is 5.11 Å². The second-order valence-corrected chi connectivity index (χ2v) is 6.36. The molecule has 0 amide bonds. The third kappa shape index (κ3) is 4.77. The van der Waals surface area contributed by atoms with E-state index in [1.807, 2.05) is 32.0 Å². The monoisotopic (exact) mass is 282 g/mol. The van der Waals surface area contributed by atoms with Crippen molar-refractivity contribution in [2.75, 3.05) is 32.7 Å². The van der Waals surface area contributed by atoms with Crippen molar-refractivity contribution in [2.24, 2.45) is 0 Å². The lowest BCUT2D eigenvalue weighted by Gasteiger charge is -2.37. The van der Waals surface area contributed by atoms with Crippen LogP contribution >= 0.6 is 11.6 Å². The maximum atomic E-state index is 9.83. The van der Waals surface area contributed by atoms with Gasteiger partial charge in [0.05, 0.1) is 5.60 Å². The molecule has 0 aliphatic carbocycles. The Morgan fingerprint density at radius 3 is 2.26 bits per heavy atom. The van der Waals surface area contributed by atoms with Gasteiger partial charge in [-0.1, -0.05) is 29.8 Å². The molecule has 1 N–H and O–H groups in total. The Morgan fingerprint density at radius 2 is 1.68 bits per heavy atom. The fraction of sp³-hybridized carbons (Fsp3) is 0.600. The lowest BCUT2D eigenvalue weighted by atomic mass is 10.1. The highest BCUT2D eigenvalue weighted by Crippen LogP contribution is 2.18. The standard InChI is InChI=1S/C15H23ClN2O/c1-15(2,19)12-18-9-7-17(8-10-18)11-13-5-3-4-6-14(13)16/h3-6,19H,7-12H2,1-2H3. The number of halogens is 1. The molecule has 0 aromatic heterocycles. The molecule has 3 nitrogen and oxygen atoms in total. The summed E-state index contributed by atoms with van der Waals surface area (Å²) in [5.74, 6) is 0. The van der Waals surface area contributed by atoms with Crippen molar-refractivity contribution < 1.29 is 5.11 Å². The zero-order valence-electron chi connectivity index (χ0n) is 11.8. The second-order valence-electron chi connectivity index (χ2n) is 5.96. The Hall–Kier alpha value is -0.610. The van der Waals surface area contributed by atoms with E-state index < -0.39 is 5.60 Å². The van der Waals surface area contributed by atoms with Gasteiger partial charge in [-0.15, -0.1) is 0 Å². The molecule has 0 radical (unpaired) electrons. The Bertz CT molecular complexity index is 409. The molecule has 0 atom stereocenters. The molecule has 1 saturated heterocycles. The van der Waals surface area contributed by atoms with Crippen LogP contribution in [0.2, 0.25) is 5.02 Å². The van der Waals surface area contributed by atoms with Crippen LogP contribution in [0.5, 0.6) is 0 Å². The fourth-order valence-corrected chi connectivity index (χ4v) is 2.72. The number of hydrogen-bond donors (Lipinski definition) is 1. The molecular formula is C15H23ClN2O. The molecular weight excluding hydrogens is 260 g/mol. The van der Waals surface area contributed by atoms with Gasteiger partial charge in [0.1, 0.15) is 0 Å². The molecule has 0 spiro atoms. The zero-order chi connectivity index (χ0) is 13.9. The highest BCUT2D eigenvalue weighted by molar-refractivity contribution is 6.31. The van der Waals surface area contributed by atoms with E-state index in [0.717, 1.165) is 44.3 Å². The fourth-order valence-electron chi connectivity index (χ4n) is 2.52. The molecule has 1 aliphatic heterocycles. The van der Waals surface area contributed by atoms with Crippen molar-refractivity contribution in [3.05, 3.63) is 34.9 Å². The van der Waals surface area contributed by atoms with Crippen molar-refractivity contribution in [1.29, 1.82) is 0 Å². The maximum absolute atomic E-state index is 9.83. The molecule has 0 bridgehead atoms. The molecule has 2 rings (SSSR count). The van der Waals surface area contributed by atoms with Gasteiger partial charge in [-0.05, 0) is 25.5 Å². The van der Waals surface area contributed by atoms with Crippen molar-refractivity contribution in [2.45, 2.75) is 26.0 Å². The van der Waals surface area contributed by atoms with Gasteiger partial charge in [-0.25, -0.2) is 0 Å². The van der Waals surface area contributed by atoms with Gasteiger partial charge in [0, 0.05) is 44.3 Å². The minimum atomic E-state index is -0.606. The lowest BCUT2D eigenvalue weighted by Crippen LogP contribution is -2.50. The average molecular weight is 283 g/mol. The normalized spacial score (nSPS) is 18.7. The predicted octanol–water partition coefficient (Wildman–Crippen LogP) is 2.23. The molecule has 1 fully saturated rings. The number of nitrogens with zero attached hydrogens (tertiary/aromatic N) is 2. The Balaban J connectivity index is 1.82. The SMILES string of the molecule is CC(C)(O)CN1CCN(Cc2ccccc2Cl)CC1. The van der Waals surface area contributed by atoms with Crippen LogP contribution in [0, 0.1) is 0 Å². The number of benzene rings is 1. The van der Waals surface area contributed by atoms with E-state index in [1.54, 1.807) is 0 Å². The number of hydrogen-bond acceptors (Lipinski definition) is 3. The Kier molecular flexibility index (Phi) is 4.85. The van der Waals surface area contributed by atoms with Gasteiger partial charge in [0.15, 0.2) is 0 Å². The van der Waals surface area contributed by atoms with Gasteiger partial charge in [-0.3, -0.25) is 9.80 Å². The highest BCUT2D eigenvalue weighted by atomic mass is 35.5. The van der Waals surface area contributed by atoms with Gasteiger partial charge in [0.25, 0.3) is 0 Å². The topological polar surface area (TPSA) is 26.7 Å². The molecule has 1 aliphatic rings. The molecule has 1 heterocycles. The van der Waals surface area contributed by atoms with Crippen LogP contribution in [0.3, 0.4) is 0 Å². The van der Waals surface area contributed by atoms with E-state index in [-0.39, 0.29) is 0 Å². The third-order valence-electron chi connectivity index (χ3n) is 3.43. The zero-order valence-corrected chi connectivity index (χ0v) is 12.5. The molecule has 19 heavy (non-hydrogen) atoms. The summed E-state index contributed by atoms with van der Waals surface area (Å²) in [7, 11) is 0. The lowest BCUT2D eigenvalue weighted by molar-refractivity contribution is 0.0167. The first kappa shape index (κ1) is 14.8. The summed E-state index contributed by atoms with van der Waals surface area (Å²) in [5, 5.41) is 10.7. The number of piperazine rings is 1. The summed E-state index contributed by atoms with van der Waals surface area (Å²) in [6, 6.07) is 8.03. The number of β-amino-alcohol motifs (C(OH)–C–C–N with tert-alkyl or cyclic N) is 1. The average Bonchev–Trinajstić information content (AvgIpc) is 2.33. The van der Waals surface area contributed by atoms with Gasteiger partial charge < -0.3 is 5.11 Å². The van der Waals surface area contributed by atoms with Crippen LogP contribution in [0.15, 0.2) is 24.3 Å². The van der Waals surface area contributed by atoms with E-state index in [4.69, 9.17) is 11.6 Å². The van der Waals surface area contributed by atoms with Crippen LogP contribution in [0.1, 0.15) is 19.4 Å². The summed E-state index contributed by atoms with van der Waals surface area (Å²) in [4.78, 5) is 4.74. The minimum absolute atomic E-state index is 0.606. The summed E-state index contributed by atoms with van der Waals surface area (Å²) in [5.41, 5.74) is 0.588. The number of rotatable bonds is 4. The largest absolute Gasteiger partial charge is 0.389 e. The first-order valence-corrected chi connectivity index (χ1v) is 7.22. The van der Waals surface area contributed by atoms with Crippen LogP contribution in [-0.2, 0) is 6.54 Å². The maximum Gasteiger partial charge on any atom is 0.0718 e. The van der Waals surface area contributed by atoms with Crippen molar-refractivity contribution in [3.8, 4) is 0 Å². The quantitative estimate of drug-likeness (QED) is 0.917. The molecule has 1 aromatic rings. The Morgan fingerprint density at radius 1 is 1.11 bits per heavy atom. The van der Waals surface area contributed by atoms with Gasteiger partial charge in [0.2, 0.25) is 0 Å². The first-order valence-electron chi connectivity index (χ1n) is 6.84. The summed E-state index contributed by atoms with van der Waals surface area (Å²) in [6.07, 6.45) is 0. The van der Waals surface area contributed by atoms with Crippen LogP contribution in [0.25, 0.3) is 0 Å². The van der Waals surface area contributed by atoms with E-state index in [2.05, 4.69) is 15.9 Å². The van der Waals surface area contributed by atoms with Gasteiger partial charge in [-0.2, -0.15) is 0 Å². The highest BCUT2D eigenvalue weighted by Gasteiger charge is 2.22. The molecule has 4 heteroatoms. The first-order chi connectivity index (χ1) is 8.94. The predicted molar refractivity (Wildman–Crippen MR) is 79.5 cm³/mol. The summed E-state index contributed by atoms with van der Waals surface area (Å²) >= 11 is 6.19. The van der Waals surface area contributed by atoms with Crippen molar-refractivity contribution >= 4 is 11.6 Å². The van der Waals surface area contributed by atoms with Crippen molar-refractivity contribution in [3.63, 3.8) is 0 Å². The van der Waals surface area contributed by atoms with E-state index in [0.29, 0.717) is 0 Å². The van der Waals surface area contributed by atoms with Gasteiger partial charge >= 0.3 is 0 Å². The third-order valence-corrected chi connectivity index (χ3v) is 3.80.